The summed E-state index contributed by atoms with van der Waals surface area (Å²) in [5.74, 6) is 2.00. The molecule has 1 aliphatic rings. The molecule has 3 nitrogen and oxygen atoms in total. The maximum absolute atomic E-state index is 5.58. The fourth-order valence-electron chi connectivity index (χ4n) is 2.31. The number of furan rings is 1. The molecule has 1 saturated carbocycles. The molecule has 0 spiro atoms. The van der Waals surface area contributed by atoms with Crippen LogP contribution >= 0.6 is 0 Å². The third-order valence-electron chi connectivity index (χ3n) is 3.93. The molecule has 0 aliphatic heterocycles. The summed E-state index contributed by atoms with van der Waals surface area (Å²) in [5, 5.41) is 3.41. The van der Waals surface area contributed by atoms with Gasteiger partial charge in [-0.3, -0.25) is 4.90 Å². The molecule has 1 atom stereocenters. The second-order valence-corrected chi connectivity index (χ2v) is 5.90. The van der Waals surface area contributed by atoms with Gasteiger partial charge < -0.3 is 9.73 Å². The van der Waals surface area contributed by atoms with E-state index in [1.54, 1.807) is 0 Å². The summed E-state index contributed by atoms with van der Waals surface area (Å²) in [5.41, 5.74) is 1.32. The van der Waals surface area contributed by atoms with E-state index in [4.69, 9.17) is 4.42 Å². The van der Waals surface area contributed by atoms with Crippen molar-refractivity contribution in [1.82, 2.24) is 10.2 Å². The first-order valence-corrected chi connectivity index (χ1v) is 7.06. The van der Waals surface area contributed by atoms with Gasteiger partial charge in [-0.25, -0.2) is 0 Å². The Labute approximate surface area is 111 Å². The van der Waals surface area contributed by atoms with Crippen LogP contribution in [-0.4, -0.2) is 24.0 Å². The highest BCUT2D eigenvalue weighted by Crippen LogP contribution is 2.35. The lowest BCUT2D eigenvalue weighted by Crippen LogP contribution is -2.30. The first-order chi connectivity index (χ1) is 8.58. The van der Waals surface area contributed by atoms with Gasteiger partial charge in [-0.15, -0.1) is 0 Å². The number of hydrogen-bond acceptors (Lipinski definition) is 3. The van der Waals surface area contributed by atoms with Crippen molar-refractivity contribution in [2.75, 3.05) is 7.05 Å². The van der Waals surface area contributed by atoms with Crippen molar-refractivity contribution >= 4 is 0 Å². The zero-order valence-corrected chi connectivity index (χ0v) is 12.1. The molecule has 3 heteroatoms. The minimum atomic E-state index is 0.492. The van der Waals surface area contributed by atoms with Gasteiger partial charge in [0.05, 0.1) is 12.8 Å². The van der Waals surface area contributed by atoms with E-state index in [-0.39, 0.29) is 0 Å². The van der Waals surface area contributed by atoms with Gasteiger partial charge in [0, 0.05) is 24.2 Å². The first kappa shape index (κ1) is 13.6. The summed E-state index contributed by atoms with van der Waals surface area (Å²) >= 11 is 0. The zero-order valence-electron chi connectivity index (χ0n) is 12.1. The number of hydrogen-bond donors (Lipinski definition) is 1. The quantitative estimate of drug-likeness (QED) is 0.806. The van der Waals surface area contributed by atoms with Crippen LogP contribution in [0.1, 0.15) is 44.9 Å². The van der Waals surface area contributed by atoms with Crippen LogP contribution in [0.5, 0.6) is 0 Å². The minimum absolute atomic E-state index is 0.492. The Morgan fingerprint density at radius 2 is 2.11 bits per heavy atom. The van der Waals surface area contributed by atoms with Gasteiger partial charge in [-0.1, -0.05) is 13.8 Å². The number of nitrogens with one attached hydrogen (secondary N) is 1. The van der Waals surface area contributed by atoms with Crippen LogP contribution in [0.15, 0.2) is 16.7 Å². The van der Waals surface area contributed by atoms with Gasteiger partial charge in [0.25, 0.3) is 0 Å². The standard InChI is InChI=1S/C15H26N2O/c1-11(2)16-9-15-14(7-8-18-15)10-17(4)12(3)13-5-6-13/h7-8,11-13,16H,5-6,9-10H2,1-4H3. The molecule has 18 heavy (non-hydrogen) atoms. The minimum Gasteiger partial charge on any atom is -0.468 e. The lowest BCUT2D eigenvalue weighted by atomic mass is 10.1. The largest absolute Gasteiger partial charge is 0.468 e. The van der Waals surface area contributed by atoms with Crippen LogP contribution in [0.2, 0.25) is 0 Å². The molecular formula is C15H26N2O. The number of rotatable bonds is 7. The fourth-order valence-corrected chi connectivity index (χ4v) is 2.31. The summed E-state index contributed by atoms with van der Waals surface area (Å²) in [4.78, 5) is 2.45. The summed E-state index contributed by atoms with van der Waals surface area (Å²) in [6.07, 6.45) is 4.61. The number of nitrogens with zero attached hydrogens (tertiary/aromatic N) is 1. The van der Waals surface area contributed by atoms with Gasteiger partial charge in [-0.2, -0.15) is 0 Å². The van der Waals surface area contributed by atoms with Crippen molar-refractivity contribution in [1.29, 1.82) is 0 Å². The Balaban J connectivity index is 1.89. The molecule has 0 saturated heterocycles. The predicted molar refractivity (Wildman–Crippen MR) is 74.3 cm³/mol. The predicted octanol–water partition coefficient (Wildman–Crippen LogP) is 3.01. The maximum atomic E-state index is 5.58. The third-order valence-corrected chi connectivity index (χ3v) is 3.93. The Hall–Kier alpha value is -0.800. The van der Waals surface area contributed by atoms with Gasteiger partial charge >= 0.3 is 0 Å². The van der Waals surface area contributed by atoms with E-state index >= 15 is 0 Å². The highest BCUT2D eigenvalue weighted by Gasteiger charge is 2.30. The van der Waals surface area contributed by atoms with Crippen molar-refractivity contribution in [3.05, 3.63) is 23.7 Å². The second-order valence-electron chi connectivity index (χ2n) is 5.90. The Morgan fingerprint density at radius 1 is 1.39 bits per heavy atom. The van der Waals surface area contributed by atoms with Gasteiger partial charge in [0.1, 0.15) is 5.76 Å². The van der Waals surface area contributed by atoms with Crippen LogP contribution in [0, 0.1) is 5.92 Å². The zero-order chi connectivity index (χ0) is 13.1. The highest BCUT2D eigenvalue weighted by molar-refractivity contribution is 5.17. The molecule has 1 aliphatic carbocycles. The van der Waals surface area contributed by atoms with Crippen LogP contribution in [0.3, 0.4) is 0 Å². The average Bonchev–Trinajstić information content (AvgIpc) is 3.08. The van der Waals surface area contributed by atoms with E-state index < -0.39 is 0 Å². The summed E-state index contributed by atoms with van der Waals surface area (Å²) in [7, 11) is 2.22. The molecule has 102 valence electrons. The molecule has 1 unspecified atom stereocenters. The van der Waals surface area contributed by atoms with Crippen LogP contribution in [0.4, 0.5) is 0 Å². The van der Waals surface area contributed by atoms with Crippen molar-refractivity contribution in [2.45, 2.75) is 58.8 Å². The lowest BCUT2D eigenvalue weighted by Gasteiger charge is -2.24. The smallest absolute Gasteiger partial charge is 0.122 e. The van der Waals surface area contributed by atoms with Gasteiger partial charge in [0.15, 0.2) is 0 Å². The highest BCUT2D eigenvalue weighted by atomic mass is 16.3. The molecule has 1 heterocycles. The van der Waals surface area contributed by atoms with E-state index in [0.717, 1.165) is 24.8 Å². The Kier molecular flexibility index (Phi) is 4.46. The van der Waals surface area contributed by atoms with Crippen molar-refractivity contribution in [3.8, 4) is 0 Å². The van der Waals surface area contributed by atoms with E-state index in [1.165, 1.54) is 18.4 Å². The molecule has 1 fully saturated rings. The molecule has 0 amide bonds. The topological polar surface area (TPSA) is 28.4 Å². The van der Waals surface area contributed by atoms with Gasteiger partial charge in [0.2, 0.25) is 0 Å². The summed E-state index contributed by atoms with van der Waals surface area (Å²) in [6.45, 7) is 8.46. The fraction of sp³-hybridized carbons (Fsp3) is 0.733. The average molecular weight is 250 g/mol. The molecular weight excluding hydrogens is 224 g/mol. The van der Waals surface area contributed by atoms with E-state index in [1.807, 2.05) is 6.26 Å². The molecule has 0 radical (unpaired) electrons. The molecule has 0 aromatic carbocycles. The first-order valence-electron chi connectivity index (χ1n) is 7.06. The van der Waals surface area contributed by atoms with Gasteiger partial charge in [-0.05, 0) is 38.8 Å². The lowest BCUT2D eigenvalue weighted by molar-refractivity contribution is 0.224. The van der Waals surface area contributed by atoms with Crippen LogP contribution in [-0.2, 0) is 13.1 Å². The van der Waals surface area contributed by atoms with Crippen LogP contribution in [0.25, 0.3) is 0 Å². The van der Waals surface area contributed by atoms with Crippen molar-refractivity contribution < 1.29 is 4.42 Å². The summed E-state index contributed by atoms with van der Waals surface area (Å²) in [6, 6.07) is 3.28. The van der Waals surface area contributed by atoms with E-state index in [2.05, 4.69) is 44.1 Å². The molecule has 0 bridgehead atoms. The third kappa shape index (κ3) is 3.59. The van der Waals surface area contributed by atoms with E-state index in [0.29, 0.717) is 12.1 Å². The van der Waals surface area contributed by atoms with Crippen molar-refractivity contribution in [2.24, 2.45) is 5.92 Å². The Bertz CT molecular complexity index is 368. The molecule has 1 aromatic heterocycles. The SMILES string of the molecule is CC(C)NCc1occc1CN(C)C(C)C1CC1. The normalized spacial score (nSPS) is 17.7. The van der Waals surface area contributed by atoms with E-state index in [9.17, 15) is 0 Å². The molecule has 1 N–H and O–H groups in total. The molecule has 2 rings (SSSR count). The maximum Gasteiger partial charge on any atom is 0.122 e. The second kappa shape index (κ2) is 5.89. The monoisotopic (exact) mass is 250 g/mol. The Morgan fingerprint density at radius 3 is 2.72 bits per heavy atom. The van der Waals surface area contributed by atoms with Crippen molar-refractivity contribution in [3.63, 3.8) is 0 Å². The molecule has 1 aromatic rings. The summed E-state index contributed by atoms with van der Waals surface area (Å²) < 4.78 is 5.58. The van der Waals surface area contributed by atoms with Crippen LogP contribution < -0.4 is 5.32 Å².